The van der Waals surface area contributed by atoms with Crippen molar-refractivity contribution in [2.45, 2.75) is 58.5 Å². The first-order valence-electron chi connectivity index (χ1n) is 8.04. The number of nitrogens with zero attached hydrogens (tertiary/aromatic N) is 2. The van der Waals surface area contributed by atoms with Crippen molar-refractivity contribution in [2.75, 3.05) is 0 Å². The van der Waals surface area contributed by atoms with Crippen molar-refractivity contribution in [2.24, 2.45) is 5.92 Å². The van der Waals surface area contributed by atoms with Gasteiger partial charge in [-0.3, -0.25) is 9.59 Å². The first-order chi connectivity index (χ1) is 10.9. The number of amides is 1. The first kappa shape index (κ1) is 17.2. The van der Waals surface area contributed by atoms with Gasteiger partial charge in [-0.25, -0.2) is 9.48 Å². The molecule has 0 saturated heterocycles. The Kier molecular flexibility index (Phi) is 5.52. The molecule has 0 bridgehead atoms. The van der Waals surface area contributed by atoms with E-state index in [0.29, 0.717) is 6.42 Å². The molecule has 1 aromatic rings. The van der Waals surface area contributed by atoms with Crippen LogP contribution in [0.5, 0.6) is 0 Å². The summed E-state index contributed by atoms with van der Waals surface area (Å²) in [7, 11) is 0. The second-order valence-corrected chi connectivity index (χ2v) is 6.09. The van der Waals surface area contributed by atoms with E-state index in [0.717, 1.165) is 41.6 Å². The molecule has 1 aromatic heterocycles. The molecule has 126 valence electrons. The summed E-state index contributed by atoms with van der Waals surface area (Å²) < 4.78 is 1.12. The van der Waals surface area contributed by atoms with Gasteiger partial charge < -0.3 is 10.4 Å². The van der Waals surface area contributed by atoms with Crippen LogP contribution in [-0.4, -0.2) is 32.8 Å². The lowest BCUT2D eigenvalue weighted by Crippen LogP contribution is -2.47. The number of carbonyl (C=O) groups excluding carboxylic acids is 1. The maximum Gasteiger partial charge on any atom is 0.326 e. The van der Waals surface area contributed by atoms with Crippen LogP contribution < -0.4 is 10.9 Å². The Morgan fingerprint density at radius 3 is 2.74 bits per heavy atom. The number of hydrogen-bond donors (Lipinski definition) is 2. The highest BCUT2D eigenvalue weighted by atomic mass is 16.4. The monoisotopic (exact) mass is 321 g/mol. The van der Waals surface area contributed by atoms with Crippen LogP contribution in [0, 0.1) is 5.92 Å². The number of aryl methyl sites for hydroxylation is 2. The molecular weight excluding hydrogens is 298 g/mol. The molecule has 23 heavy (non-hydrogen) atoms. The van der Waals surface area contributed by atoms with Crippen molar-refractivity contribution in [3.8, 4) is 0 Å². The molecular formula is C16H23N3O4. The minimum atomic E-state index is -1.07. The summed E-state index contributed by atoms with van der Waals surface area (Å²) >= 11 is 0. The smallest absolute Gasteiger partial charge is 0.326 e. The molecule has 2 N–H and O–H groups in total. The van der Waals surface area contributed by atoms with Crippen molar-refractivity contribution in [1.82, 2.24) is 15.1 Å². The molecule has 0 spiro atoms. The topological polar surface area (TPSA) is 101 Å². The minimum Gasteiger partial charge on any atom is -0.480 e. The van der Waals surface area contributed by atoms with E-state index in [9.17, 15) is 19.5 Å². The zero-order valence-corrected chi connectivity index (χ0v) is 13.5. The molecule has 0 aliphatic heterocycles. The number of hydrogen-bond acceptors (Lipinski definition) is 4. The Morgan fingerprint density at radius 1 is 1.39 bits per heavy atom. The fourth-order valence-corrected chi connectivity index (χ4v) is 2.75. The van der Waals surface area contributed by atoms with Crippen molar-refractivity contribution in [1.29, 1.82) is 0 Å². The van der Waals surface area contributed by atoms with Crippen LogP contribution in [0.25, 0.3) is 0 Å². The van der Waals surface area contributed by atoms with E-state index >= 15 is 0 Å². The van der Waals surface area contributed by atoms with Gasteiger partial charge in [0.15, 0.2) is 0 Å². The number of carboxylic acids is 1. The number of carboxylic acid groups (broad SMARTS) is 1. The lowest BCUT2D eigenvalue weighted by Gasteiger charge is -2.20. The van der Waals surface area contributed by atoms with E-state index < -0.39 is 17.9 Å². The average molecular weight is 321 g/mol. The summed E-state index contributed by atoms with van der Waals surface area (Å²) in [5, 5.41) is 16.0. The van der Waals surface area contributed by atoms with Gasteiger partial charge in [-0.2, -0.15) is 5.10 Å². The molecule has 1 aliphatic rings. The Morgan fingerprint density at radius 2 is 2.09 bits per heavy atom. The van der Waals surface area contributed by atoms with Crippen LogP contribution in [0.2, 0.25) is 0 Å². The second kappa shape index (κ2) is 7.39. The zero-order valence-electron chi connectivity index (χ0n) is 13.5. The summed E-state index contributed by atoms with van der Waals surface area (Å²) in [5.74, 6) is -1.77. The highest BCUT2D eigenvalue weighted by molar-refractivity contribution is 5.83. The lowest BCUT2D eigenvalue weighted by molar-refractivity contribution is -0.143. The number of aromatic nitrogens is 2. The summed E-state index contributed by atoms with van der Waals surface area (Å²) in [6.45, 7) is 3.37. The summed E-state index contributed by atoms with van der Waals surface area (Å²) in [6.07, 6.45) is 4.36. The number of rotatable bonds is 6. The predicted molar refractivity (Wildman–Crippen MR) is 84.2 cm³/mol. The summed E-state index contributed by atoms with van der Waals surface area (Å²) in [4.78, 5) is 35.4. The molecule has 2 rings (SSSR count). The molecule has 2 atom stereocenters. The summed E-state index contributed by atoms with van der Waals surface area (Å²) in [5.41, 5.74) is 1.50. The van der Waals surface area contributed by atoms with E-state index in [1.54, 1.807) is 6.92 Å². The molecule has 1 heterocycles. The normalized spacial score (nSPS) is 16.3. The Hall–Kier alpha value is -2.18. The molecule has 7 nitrogen and oxygen atoms in total. The number of carbonyl (C=O) groups is 2. The van der Waals surface area contributed by atoms with Crippen LogP contribution >= 0.6 is 0 Å². The fraction of sp³-hybridized carbons (Fsp3) is 0.625. The Balaban J connectivity index is 2.11. The van der Waals surface area contributed by atoms with E-state index in [4.69, 9.17) is 0 Å². The van der Waals surface area contributed by atoms with Gasteiger partial charge in [0.1, 0.15) is 12.6 Å². The van der Waals surface area contributed by atoms with Crippen molar-refractivity contribution < 1.29 is 14.7 Å². The van der Waals surface area contributed by atoms with Crippen LogP contribution in [0.15, 0.2) is 10.9 Å². The molecule has 0 fully saturated rings. The quantitative estimate of drug-likeness (QED) is 0.804. The van der Waals surface area contributed by atoms with Crippen LogP contribution in [0.1, 0.15) is 44.4 Å². The molecule has 0 aromatic carbocycles. The van der Waals surface area contributed by atoms with Crippen molar-refractivity contribution >= 4 is 11.9 Å². The number of nitrogens with one attached hydrogen (secondary N) is 1. The maximum absolute atomic E-state index is 12.1. The van der Waals surface area contributed by atoms with Gasteiger partial charge in [0.05, 0.1) is 5.69 Å². The number of fused-ring (bicyclic) bond motifs is 1. The van der Waals surface area contributed by atoms with E-state index in [1.807, 2.05) is 6.92 Å². The zero-order chi connectivity index (χ0) is 17.0. The third-order valence-electron chi connectivity index (χ3n) is 4.36. The van der Waals surface area contributed by atoms with E-state index in [-0.39, 0.29) is 18.0 Å². The van der Waals surface area contributed by atoms with Gasteiger partial charge in [-0.05, 0) is 37.2 Å². The molecule has 7 heteroatoms. The average Bonchev–Trinajstić information content (AvgIpc) is 2.52. The standard InChI is InChI=1S/C16H23N3O4/c1-3-10(2)15(16(22)23)17-13(20)9-19-14(21)8-11-6-4-5-7-12(11)18-19/h8,10,15H,3-7,9H2,1-2H3,(H,17,20)(H,22,23)/t10-,15+/m0/s1. The second-order valence-electron chi connectivity index (χ2n) is 6.09. The van der Waals surface area contributed by atoms with Gasteiger partial charge in [-0.15, -0.1) is 0 Å². The molecule has 1 aliphatic carbocycles. The lowest BCUT2D eigenvalue weighted by atomic mass is 9.97. The van der Waals surface area contributed by atoms with Gasteiger partial charge in [0, 0.05) is 6.07 Å². The third-order valence-corrected chi connectivity index (χ3v) is 4.36. The largest absolute Gasteiger partial charge is 0.480 e. The SMILES string of the molecule is CC[C@H](C)[C@@H](NC(=O)Cn1nc2c(cc1=O)CCCC2)C(=O)O. The van der Waals surface area contributed by atoms with Gasteiger partial charge >= 0.3 is 5.97 Å². The predicted octanol–water partition coefficient (Wildman–Crippen LogP) is 0.738. The van der Waals surface area contributed by atoms with Gasteiger partial charge in [0.25, 0.3) is 5.56 Å². The maximum atomic E-state index is 12.1. The fourth-order valence-electron chi connectivity index (χ4n) is 2.75. The Labute approximate surface area is 134 Å². The molecule has 0 unspecified atom stereocenters. The van der Waals surface area contributed by atoms with Crippen LogP contribution in [0.4, 0.5) is 0 Å². The van der Waals surface area contributed by atoms with Gasteiger partial charge in [0.2, 0.25) is 5.91 Å². The van der Waals surface area contributed by atoms with Gasteiger partial charge in [-0.1, -0.05) is 20.3 Å². The summed E-state index contributed by atoms with van der Waals surface area (Å²) in [6, 6.07) is 0.582. The Bertz CT molecular complexity index is 653. The molecule has 0 saturated carbocycles. The first-order valence-corrected chi connectivity index (χ1v) is 8.04. The van der Waals surface area contributed by atoms with Crippen molar-refractivity contribution in [3.05, 3.63) is 27.7 Å². The molecule has 0 radical (unpaired) electrons. The number of aliphatic carboxylic acids is 1. The van der Waals surface area contributed by atoms with E-state index in [2.05, 4.69) is 10.4 Å². The highest BCUT2D eigenvalue weighted by Gasteiger charge is 2.25. The van der Waals surface area contributed by atoms with Crippen LogP contribution in [-0.2, 0) is 29.0 Å². The minimum absolute atomic E-state index is 0.190. The van der Waals surface area contributed by atoms with E-state index in [1.165, 1.54) is 6.07 Å². The van der Waals surface area contributed by atoms with Crippen molar-refractivity contribution in [3.63, 3.8) is 0 Å². The molecule has 1 amide bonds. The highest BCUT2D eigenvalue weighted by Crippen LogP contribution is 2.16. The third kappa shape index (κ3) is 4.18. The van der Waals surface area contributed by atoms with Crippen LogP contribution in [0.3, 0.4) is 0 Å².